The number of aromatic nitrogens is 6. The van der Waals surface area contributed by atoms with Crippen molar-refractivity contribution in [1.82, 2.24) is 35.7 Å². The number of tetrazole rings is 1. The van der Waals surface area contributed by atoms with Gasteiger partial charge in [-0.3, -0.25) is 4.90 Å². The summed E-state index contributed by atoms with van der Waals surface area (Å²) in [5.41, 5.74) is 2.09. The Kier molecular flexibility index (Phi) is 4.42. The highest BCUT2D eigenvalue weighted by molar-refractivity contribution is 5.54. The Labute approximate surface area is 133 Å². The third-order valence-electron chi connectivity index (χ3n) is 3.39. The molecule has 0 aliphatic rings. The molecule has 0 radical (unpaired) electrons. The van der Waals surface area contributed by atoms with Crippen molar-refractivity contribution in [3.63, 3.8) is 0 Å². The number of H-pyrrole nitrogens is 1. The zero-order valence-corrected chi connectivity index (χ0v) is 13.4. The Morgan fingerprint density at radius 1 is 1.26 bits per heavy atom. The molecule has 0 saturated carbocycles. The van der Waals surface area contributed by atoms with Crippen LogP contribution in [-0.4, -0.2) is 42.7 Å². The molecule has 3 aromatic rings. The molecule has 1 aromatic carbocycles. The molecule has 0 bridgehead atoms. The van der Waals surface area contributed by atoms with Crippen molar-refractivity contribution in [3.05, 3.63) is 41.5 Å². The second kappa shape index (κ2) is 6.66. The predicted molar refractivity (Wildman–Crippen MR) is 83.2 cm³/mol. The minimum absolute atomic E-state index is 0.268. The lowest BCUT2D eigenvalue weighted by Gasteiger charge is -2.14. The zero-order chi connectivity index (χ0) is 16.2. The Balaban J connectivity index is 1.65. The number of nitrogens with one attached hydrogen (secondary N) is 1. The summed E-state index contributed by atoms with van der Waals surface area (Å²) < 4.78 is 5.28. The van der Waals surface area contributed by atoms with E-state index in [0.717, 1.165) is 23.5 Å². The highest BCUT2D eigenvalue weighted by atomic mass is 16.5. The molecule has 3 rings (SSSR count). The van der Waals surface area contributed by atoms with Crippen molar-refractivity contribution in [1.29, 1.82) is 0 Å². The summed E-state index contributed by atoms with van der Waals surface area (Å²) in [7, 11) is 2.01. The standard InChI is InChI=1S/C15H19N7O/c1-10(2)14-16-13(23-19-14)9-22(3)8-11-5-4-6-12(7-11)15-17-20-21-18-15/h4-7,10H,8-9H2,1-3H3,(H,17,18,20,21). The Hall–Kier alpha value is -2.61. The maximum Gasteiger partial charge on any atom is 0.240 e. The summed E-state index contributed by atoms with van der Waals surface area (Å²) in [5, 5.41) is 18.0. The quantitative estimate of drug-likeness (QED) is 0.743. The smallest absolute Gasteiger partial charge is 0.240 e. The van der Waals surface area contributed by atoms with Crippen LogP contribution < -0.4 is 0 Å². The lowest BCUT2D eigenvalue weighted by atomic mass is 10.1. The van der Waals surface area contributed by atoms with E-state index in [1.807, 2.05) is 33.0 Å². The fourth-order valence-corrected chi connectivity index (χ4v) is 2.26. The van der Waals surface area contributed by atoms with E-state index in [2.05, 4.69) is 47.8 Å². The van der Waals surface area contributed by atoms with E-state index in [0.29, 0.717) is 18.3 Å². The van der Waals surface area contributed by atoms with Crippen LogP contribution in [0.1, 0.15) is 37.0 Å². The topological polar surface area (TPSA) is 96.6 Å². The van der Waals surface area contributed by atoms with Gasteiger partial charge in [0.05, 0.1) is 6.54 Å². The van der Waals surface area contributed by atoms with Gasteiger partial charge in [0.2, 0.25) is 11.7 Å². The van der Waals surface area contributed by atoms with E-state index < -0.39 is 0 Å². The molecule has 0 fully saturated rings. The van der Waals surface area contributed by atoms with Crippen LogP contribution in [0.5, 0.6) is 0 Å². The van der Waals surface area contributed by atoms with Crippen LogP contribution in [0.15, 0.2) is 28.8 Å². The van der Waals surface area contributed by atoms with Gasteiger partial charge < -0.3 is 4.52 Å². The predicted octanol–water partition coefficient (Wildman–Crippen LogP) is 2.01. The first kappa shape index (κ1) is 15.3. The minimum atomic E-state index is 0.268. The maximum atomic E-state index is 5.28. The van der Waals surface area contributed by atoms with Gasteiger partial charge in [-0.1, -0.05) is 37.2 Å². The monoisotopic (exact) mass is 313 g/mol. The van der Waals surface area contributed by atoms with Gasteiger partial charge in [0.15, 0.2) is 5.82 Å². The molecular weight excluding hydrogens is 294 g/mol. The van der Waals surface area contributed by atoms with Gasteiger partial charge in [-0.2, -0.15) is 10.2 Å². The van der Waals surface area contributed by atoms with Crippen LogP contribution >= 0.6 is 0 Å². The van der Waals surface area contributed by atoms with Crippen molar-refractivity contribution in [2.75, 3.05) is 7.05 Å². The van der Waals surface area contributed by atoms with Crippen LogP contribution in [0.25, 0.3) is 11.4 Å². The van der Waals surface area contributed by atoms with Crippen LogP contribution in [0.2, 0.25) is 0 Å². The summed E-state index contributed by atoms with van der Waals surface area (Å²) >= 11 is 0. The lowest BCUT2D eigenvalue weighted by Crippen LogP contribution is -2.17. The number of hydrogen-bond acceptors (Lipinski definition) is 7. The molecule has 120 valence electrons. The van der Waals surface area contributed by atoms with E-state index >= 15 is 0 Å². The van der Waals surface area contributed by atoms with Gasteiger partial charge in [0.25, 0.3) is 0 Å². The van der Waals surface area contributed by atoms with E-state index in [-0.39, 0.29) is 5.92 Å². The zero-order valence-electron chi connectivity index (χ0n) is 13.4. The highest BCUT2D eigenvalue weighted by Gasteiger charge is 2.12. The third-order valence-corrected chi connectivity index (χ3v) is 3.39. The third kappa shape index (κ3) is 3.78. The van der Waals surface area contributed by atoms with Crippen molar-refractivity contribution in [3.8, 4) is 11.4 Å². The summed E-state index contributed by atoms with van der Waals surface area (Å²) in [6.45, 7) is 5.45. The summed E-state index contributed by atoms with van der Waals surface area (Å²) in [6.07, 6.45) is 0. The van der Waals surface area contributed by atoms with Crippen molar-refractivity contribution < 1.29 is 4.52 Å². The molecule has 23 heavy (non-hydrogen) atoms. The Morgan fingerprint density at radius 2 is 2.13 bits per heavy atom. The van der Waals surface area contributed by atoms with Gasteiger partial charge in [-0.05, 0) is 23.9 Å². The SMILES string of the molecule is CC(C)c1noc(CN(C)Cc2cccc(-c3nn[nH]n3)c2)n1. The van der Waals surface area contributed by atoms with Crippen LogP contribution in [0.3, 0.4) is 0 Å². The fourth-order valence-electron chi connectivity index (χ4n) is 2.26. The van der Waals surface area contributed by atoms with Crippen LogP contribution in [-0.2, 0) is 13.1 Å². The van der Waals surface area contributed by atoms with E-state index in [1.165, 1.54) is 0 Å². The summed E-state index contributed by atoms with van der Waals surface area (Å²) in [4.78, 5) is 6.52. The fraction of sp³-hybridized carbons (Fsp3) is 0.400. The van der Waals surface area contributed by atoms with Crippen LogP contribution in [0.4, 0.5) is 0 Å². The van der Waals surface area contributed by atoms with Gasteiger partial charge >= 0.3 is 0 Å². The second-order valence-electron chi connectivity index (χ2n) is 5.81. The maximum absolute atomic E-state index is 5.28. The Morgan fingerprint density at radius 3 is 2.83 bits per heavy atom. The molecule has 0 spiro atoms. The molecule has 0 amide bonds. The summed E-state index contributed by atoms with van der Waals surface area (Å²) in [6, 6.07) is 8.06. The minimum Gasteiger partial charge on any atom is -0.338 e. The number of rotatable bonds is 6. The first-order valence-corrected chi connectivity index (χ1v) is 7.45. The largest absolute Gasteiger partial charge is 0.338 e. The number of hydrogen-bond donors (Lipinski definition) is 1. The van der Waals surface area contributed by atoms with Crippen molar-refractivity contribution >= 4 is 0 Å². The normalized spacial score (nSPS) is 11.5. The van der Waals surface area contributed by atoms with E-state index in [1.54, 1.807) is 0 Å². The average molecular weight is 313 g/mol. The highest BCUT2D eigenvalue weighted by Crippen LogP contribution is 2.17. The molecule has 2 heterocycles. The molecule has 0 aliphatic carbocycles. The second-order valence-corrected chi connectivity index (χ2v) is 5.81. The molecule has 0 unspecified atom stereocenters. The van der Waals surface area contributed by atoms with Gasteiger partial charge in [0.1, 0.15) is 0 Å². The van der Waals surface area contributed by atoms with Gasteiger partial charge in [0, 0.05) is 18.0 Å². The first-order chi connectivity index (χ1) is 11.1. The summed E-state index contributed by atoms with van der Waals surface area (Å²) in [5.74, 6) is 2.23. The average Bonchev–Trinajstić information content (AvgIpc) is 3.18. The molecular formula is C15H19N7O. The number of benzene rings is 1. The van der Waals surface area contributed by atoms with E-state index in [9.17, 15) is 0 Å². The molecule has 0 saturated heterocycles. The molecule has 0 atom stereocenters. The number of nitrogens with zero attached hydrogens (tertiary/aromatic N) is 6. The first-order valence-electron chi connectivity index (χ1n) is 7.45. The van der Waals surface area contributed by atoms with Gasteiger partial charge in [-0.15, -0.1) is 10.2 Å². The Bertz CT molecular complexity index is 751. The van der Waals surface area contributed by atoms with Crippen LogP contribution in [0, 0.1) is 0 Å². The van der Waals surface area contributed by atoms with Crippen molar-refractivity contribution in [2.45, 2.75) is 32.9 Å². The molecule has 1 N–H and O–H groups in total. The lowest BCUT2D eigenvalue weighted by molar-refractivity contribution is 0.260. The molecule has 8 nitrogen and oxygen atoms in total. The molecule has 0 aliphatic heterocycles. The molecule has 8 heteroatoms. The van der Waals surface area contributed by atoms with Gasteiger partial charge in [-0.25, -0.2) is 0 Å². The van der Waals surface area contributed by atoms with Crippen molar-refractivity contribution in [2.24, 2.45) is 0 Å². The molecule has 2 aromatic heterocycles. The number of aromatic amines is 1. The van der Waals surface area contributed by atoms with E-state index in [4.69, 9.17) is 4.52 Å².